The van der Waals surface area contributed by atoms with Crippen molar-refractivity contribution in [2.45, 2.75) is 38.6 Å². The number of hydrogen-bond donors (Lipinski definition) is 1. The first-order valence-electron chi connectivity index (χ1n) is 6.33. The SMILES string of the molecule is Cc1cccc2oc(C3CCNC(C)C3)nc12. The highest BCUT2D eigenvalue weighted by molar-refractivity contribution is 5.76. The molecule has 3 nitrogen and oxygen atoms in total. The van der Waals surface area contributed by atoms with E-state index in [0.29, 0.717) is 12.0 Å². The molecule has 90 valence electrons. The summed E-state index contributed by atoms with van der Waals surface area (Å²) in [6.45, 7) is 5.36. The second kappa shape index (κ2) is 4.15. The van der Waals surface area contributed by atoms with Crippen LogP contribution in [-0.4, -0.2) is 17.6 Å². The Balaban J connectivity index is 1.97. The van der Waals surface area contributed by atoms with Crippen LogP contribution in [-0.2, 0) is 0 Å². The molecule has 0 saturated carbocycles. The molecule has 3 rings (SSSR count). The summed E-state index contributed by atoms with van der Waals surface area (Å²) < 4.78 is 5.90. The lowest BCUT2D eigenvalue weighted by Crippen LogP contribution is -2.34. The van der Waals surface area contributed by atoms with Crippen LogP contribution >= 0.6 is 0 Å². The molecule has 1 aliphatic heterocycles. The predicted molar refractivity (Wildman–Crippen MR) is 68.2 cm³/mol. The number of rotatable bonds is 1. The van der Waals surface area contributed by atoms with Gasteiger partial charge in [-0.05, 0) is 44.9 Å². The second-order valence-corrected chi connectivity index (χ2v) is 5.05. The van der Waals surface area contributed by atoms with Gasteiger partial charge in [-0.15, -0.1) is 0 Å². The molecule has 1 aromatic carbocycles. The van der Waals surface area contributed by atoms with Crippen LogP contribution in [0.2, 0.25) is 0 Å². The van der Waals surface area contributed by atoms with Gasteiger partial charge in [-0.2, -0.15) is 0 Å². The van der Waals surface area contributed by atoms with Crippen molar-refractivity contribution in [3.05, 3.63) is 29.7 Å². The molecule has 17 heavy (non-hydrogen) atoms. The predicted octanol–water partition coefficient (Wildman–Crippen LogP) is 2.99. The third-order valence-corrected chi connectivity index (χ3v) is 3.61. The van der Waals surface area contributed by atoms with Crippen LogP contribution < -0.4 is 5.32 Å². The number of nitrogens with zero attached hydrogens (tertiary/aromatic N) is 1. The summed E-state index contributed by atoms with van der Waals surface area (Å²) in [4.78, 5) is 4.68. The number of aromatic nitrogens is 1. The van der Waals surface area contributed by atoms with Gasteiger partial charge in [0, 0.05) is 12.0 Å². The van der Waals surface area contributed by atoms with E-state index in [9.17, 15) is 0 Å². The molecule has 0 aliphatic carbocycles. The van der Waals surface area contributed by atoms with E-state index in [1.807, 2.05) is 12.1 Å². The molecule has 1 aromatic heterocycles. The highest BCUT2D eigenvalue weighted by atomic mass is 16.3. The van der Waals surface area contributed by atoms with Crippen molar-refractivity contribution in [2.24, 2.45) is 0 Å². The summed E-state index contributed by atoms with van der Waals surface area (Å²) >= 11 is 0. The molecule has 2 atom stereocenters. The van der Waals surface area contributed by atoms with Crippen LogP contribution in [0.4, 0.5) is 0 Å². The summed E-state index contributed by atoms with van der Waals surface area (Å²) in [6.07, 6.45) is 2.24. The zero-order chi connectivity index (χ0) is 11.8. The number of oxazole rings is 1. The quantitative estimate of drug-likeness (QED) is 0.818. The van der Waals surface area contributed by atoms with Crippen molar-refractivity contribution in [2.75, 3.05) is 6.54 Å². The van der Waals surface area contributed by atoms with Gasteiger partial charge >= 0.3 is 0 Å². The van der Waals surface area contributed by atoms with Gasteiger partial charge in [0.25, 0.3) is 0 Å². The molecule has 0 spiro atoms. The standard InChI is InChI=1S/C14H18N2O/c1-9-4-3-5-12-13(9)16-14(17-12)11-6-7-15-10(2)8-11/h3-5,10-11,15H,6-8H2,1-2H3. The fourth-order valence-electron chi connectivity index (χ4n) is 2.63. The normalized spacial score (nSPS) is 25.3. The van der Waals surface area contributed by atoms with E-state index in [1.165, 1.54) is 5.56 Å². The third-order valence-electron chi connectivity index (χ3n) is 3.61. The Morgan fingerprint density at radius 3 is 3.06 bits per heavy atom. The number of fused-ring (bicyclic) bond motifs is 1. The van der Waals surface area contributed by atoms with Gasteiger partial charge in [-0.25, -0.2) is 4.98 Å². The summed E-state index contributed by atoms with van der Waals surface area (Å²) in [5.74, 6) is 1.39. The van der Waals surface area contributed by atoms with Crippen molar-refractivity contribution >= 4 is 11.1 Å². The van der Waals surface area contributed by atoms with Crippen LogP contribution in [0.15, 0.2) is 22.6 Å². The molecule has 0 bridgehead atoms. The third kappa shape index (κ3) is 1.95. The zero-order valence-electron chi connectivity index (χ0n) is 10.4. The fraction of sp³-hybridized carbons (Fsp3) is 0.500. The topological polar surface area (TPSA) is 38.1 Å². The molecule has 1 saturated heterocycles. The molecule has 3 heteroatoms. The van der Waals surface area contributed by atoms with E-state index in [4.69, 9.17) is 4.42 Å². The highest BCUT2D eigenvalue weighted by Gasteiger charge is 2.24. The van der Waals surface area contributed by atoms with E-state index in [1.54, 1.807) is 0 Å². The first-order valence-corrected chi connectivity index (χ1v) is 6.33. The molecular formula is C14H18N2O. The van der Waals surface area contributed by atoms with Crippen molar-refractivity contribution in [3.8, 4) is 0 Å². The lowest BCUT2D eigenvalue weighted by molar-refractivity contribution is 0.336. The molecule has 1 N–H and O–H groups in total. The number of piperidine rings is 1. The molecule has 2 aromatic rings. The van der Waals surface area contributed by atoms with E-state index < -0.39 is 0 Å². The Morgan fingerprint density at radius 2 is 2.29 bits per heavy atom. The van der Waals surface area contributed by atoms with Crippen LogP contribution in [0.1, 0.15) is 37.1 Å². The summed E-state index contributed by atoms with van der Waals surface area (Å²) in [5, 5.41) is 3.46. The molecule has 2 unspecified atom stereocenters. The minimum absolute atomic E-state index is 0.470. The van der Waals surface area contributed by atoms with E-state index in [-0.39, 0.29) is 0 Å². The zero-order valence-corrected chi connectivity index (χ0v) is 10.4. The molecule has 0 amide bonds. The first-order chi connectivity index (χ1) is 8.24. The largest absolute Gasteiger partial charge is 0.440 e. The van der Waals surface area contributed by atoms with Gasteiger partial charge < -0.3 is 9.73 Å². The smallest absolute Gasteiger partial charge is 0.198 e. The molecule has 1 fully saturated rings. The van der Waals surface area contributed by atoms with E-state index in [2.05, 4.69) is 30.2 Å². The van der Waals surface area contributed by atoms with Crippen molar-refractivity contribution in [3.63, 3.8) is 0 Å². The van der Waals surface area contributed by atoms with Gasteiger partial charge in [0.05, 0.1) is 0 Å². The summed E-state index contributed by atoms with van der Waals surface area (Å²) in [6, 6.07) is 6.67. The van der Waals surface area contributed by atoms with Crippen molar-refractivity contribution in [1.82, 2.24) is 10.3 Å². The lowest BCUT2D eigenvalue weighted by Gasteiger charge is -2.25. The maximum atomic E-state index is 5.90. The molecule has 1 aliphatic rings. The number of aryl methyl sites for hydroxylation is 1. The average molecular weight is 230 g/mol. The Bertz CT molecular complexity index is 532. The number of hydrogen-bond acceptors (Lipinski definition) is 3. The maximum absolute atomic E-state index is 5.90. The van der Waals surface area contributed by atoms with Crippen LogP contribution in [0, 0.1) is 6.92 Å². The molecule has 2 heterocycles. The van der Waals surface area contributed by atoms with Crippen molar-refractivity contribution < 1.29 is 4.42 Å². The number of para-hydroxylation sites is 1. The fourth-order valence-corrected chi connectivity index (χ4v) is 2.63. The second-order valence-electron chi connectivity index (χ2n) is 5.05. The highest BCUT2D eigenvalue weighted by Crippen LogP contribution is 2.30. The Hall–Kier alpha value is -1.35. The monoisotopic (exact) mass is 230 g/mol. The Kier molecular flexibility index (Phi) is 2.63. The summed E-state index contributed by atoms with van der Waals surface area (Å²) in [5.41, 5.74) is 3.14. The minimum atomic E-state index is 0.470. The first kappa shape index (κ1) is 10.8. The molecule has 0 radical (unpaired) electrons. The van der Waals surface area contributed by atoms with Crippen LogP contribution in [0.3, 0.4) is 0 Å². The van der Waals surface area contributed by atoms with E-state index in [0.717, 1.165) is 36.4 Å². The lowest BCUT2D eigenvalue weighted by atomic mass is 9.93. The van der Waals surface area contributed by atoms with Gasteiger partial charge in [-0.3, -0.25) is 0 Å². The average Bonchev–Trinajstić information content (AvgIpc) is 2.74. The van der Waals surface area contributed by atoms with Gasteiger partial charge in [0.2, 0.25) is 0 Å². The van der Waals surface area contributed by atoms with Crippen LogP contribution in [0.5, 0.6) is 0 Å². The molecular weight excluding hydrogens is 212 g/mol. The van der Waals surface area contributed by atoms with Crippen LogP contribution in [0.25, 0.3) is 11.1 Å². The van der Waals surface area contributed by atoms with E-state index >= 15 is 0 Å². The van der Waals surface area contributed by atoms with Gasteiger partial charge in [0.1, 0.15) is 5.52 Å². The van der Waals surface area contributed by atoms with Crippen molar-refractivity contribution in [1.29, 1.82) is 0 Å². The minimum Gasteiger partial charge on any atom is -0.440 e. The Morgan fingerprint density at radius 1 is 1.41 bits per heavy atom. The maximum Gasteiger partial charge on any atom is 0.198 e. The van der Waals surface area contributed by atoms with Gasteiger partial charge in [-0.1, -0.05) is 12.1 Å². The van der Waals surface area contributed by atoms with Gasteiger partial charge in [0.15, 0.2) is 11.5 Å². The Labute approximate surface area is 101 Å². The number of benzene rings is 1. The number of nitrogens with one attached hydrogen (secondary N) is 1. The summed E-state index contributed by atoms with van der Waals surface area (Å²) in [7, 11) is 0.